The van der Waals surface area contributed by atoms with Crippen LogP contribution in [0.2, 0.25) is 0 Å². The van der Waals surface area contributed by atoms with E-state index in [1.54, 1.807) is 11.9 Å². The van der Waals surface area contributed by atoms with E-state index >= 15 is 0 Å². The Kier molecular flexibility index (Phi) is 3.09. The molecule has 0 amide bonds. The highest BCUT2D eigenvalue weighted by Crippen LogP contribution is 2.32. The molecular formula is C14H14BrN5S. The molecule has 3 aromatic rings. The maximum Gasteiger partial charge on any atom is 0.152 e. The third-order valence-electron chi connectivity index (χ3n) is 3.89. The van der Waals surface area contributed by atoms with Gasteiger partial charge in [-0.1, -0.05) is 27.9 Å². The van der Waals surface area contributed by atoms with Crippen LogP contribution >= 0.6 is 27.9 Å². The lowest BCUT2D eigenvalue weighted by molar-refractivity contribution is 0.374. The summed E-state index contributed by atoms with van der Waals surface area (Å²) >= 11 is 5.25. The summed E-state index contributed by atoms with van der Waals surface area (Å²) in [5, 5.41) is 1.11. The highest BCUT2D eigenvalue weighted by Gasteiger charge is 2.22. The zero-order valence-electron chi connectivity index (χ0n) is 11.5. The molecule has 2 aromatic heterocycles. The standard InChI is InChI=1S/C14H14BrN5S/c1-21-19-4-5-20-11(7-19)18-12-13(20)9-3-2-8(15)6-10(9)17-14(12)16/h2-3,6H,4-5,7H2,1H3,(H2,16,17). The second-order valence-electron chi connectivity index (χ2n) is 5.08. The molecule has 7 heteroatoms. The van der Waals surface area contributed by atoms with Crippen LogP contribution < -0.4 is 5.73 Å². The summed E-state index contributed by atoms with van der Waals surface area (Å²) in [5.41, 5.74) is 8.97. The molecule has 2 N–H and O–H groups in total. The molecule has 1 aliphatic rings. The number of halogens is 1. The molecule has 1 aromatic carbocycles. The number of benzene rings is 1. The first-order valence-corrected chi connectivity index (χ1v) is 8.68. The molecule has 3 heterocycles. The van der Waals surface area contributed by atoms with E-state index in [0.29, 0.717) is 5.82 Å². The van der Waals surface area contributed by atoms with Gasteiger partial charge in [0.15, 0.2) is 5.82 Å². The average molecular weight is 364 g/mol. The molecule has 5 nitrogen and oxygen atoms in total. The summed E-state index contributed by atoms with van der Waals surface area (Å²) in [5.74, 6) is 1.57. The van der Waals surface area contributed by atoms with Gasteiger partial charge in [0.05, 0.1) is 17.6 Å². The zero-order valence-corrected chi connectivity index (χ0v) is 13.9. The van der Waals surface area contributed by atoms with Gasteiger partial charge >= 0.3 is 0 Å². The van der Waals surface area contributed by atoms with E-state index in [9.17, 15) is 0 Å². The van der Waals surface area contributed by atoms with Crippen molar-refractivity contribution in [1.82, 2.24) is 18.8 Å². The number of aromatic nitrogens is 3. The van der Waals surface area contributed by atoms with Gasteiger partial charge in [-0.25, -0.2) is 14.3 Å². The summed E-state index contributed by atoms with van der Waals surface area (Å²) in [4.78, 5) is 9.23. The largest absolute Gasteiger partial charge is 0.382 e. The first-order chi connectivity index (χ1) is 10.2. The van der Waals surface area contributed by atoms with Crippen molar-refractivity contribution in [1.29, 1.82) is 0 Å². The second kappa shape index (κ2) is 4.86. The first-order valence-electron chi connectivity index (χ1n) is 6.70. The van der Waals surface area contributed by atoms with Crippen molar-refractivity contribution in [2.45, 2.75) is 13.1 Å². The summed E-state index contributed by atoms with van der Waals surface area (Å²) in [7, 11) is 0. The van der Waals surface area contributed by atoms with E-state index < -0.39 is 0 Å². The van der Waals surface area contributed by atoms with Crippen molar-refractivity contribution >= 4 is 55.6 Å². The van der Waals surface area contributed by atoms with Crippen LogP contribution in [0.15, 0.2) is 22.7 Å². The number of nitrogen functional groups attached to an aromatic ring is 1. The molecule has 0 bridgehead atoms. The van der Waals surface area contributed by atoms with Gasteiger partial charge in [0.2, 0.25) is 0 Å². The smallest absolute Gasteiger partial charge is 0.152 e. The van der Waals surface area contributed by atoms with E-state index in [-0.39, 0.29) is 0 Å². The van der Waals surface area contributed by atoms with Crippen LogP contribution in [0.5, 0.6) is 0 Å². The fraction of sp³-hybridized carbons (Fsp3) is 0.286. The Hall–Kier alpha value is -1.31. The normalized spacial score (nSPS) is 15.7. The number of rotatable bonds is 1. The van der Waals surface area contributed by atoms with Gasteiger partial charge in [-0.15, -0.1) is 0 Å². The Morgan fingerprint density at radius 2 is 2.14 bits per heavy atom. The molecule has 0 atom stereocenters. The van der Waals surface area contributed by atoms with E-state index in [1.165, 1.54) is 0 Å². The molecule has 0 unspecified atom stereocenters. The molecule has 0 saturated heterocycles. The van der Waals surface area contributed by atoms with E-state index in [1.807, 2.05) is 12.1 Å². The predicted molar refractivity (Wildman–Crippen MR) is 91.1 cm³/mol. The Bertz CT molecular complexity index is 860. The van der Waals surface area contributed by atoms with Crippen LogP contribution in [0.1, 0.15) is 5.82 Å². The molecule has 0 saturated carbocycles. The minimum atomic E-state index is 0.508. The lowest BCUT2D eigenvalue weighted by atomic mass is 10.2. The van der Waals surface area contributed by atoms with Crippen molar-refractivity contribution < 1.29 is 0 Å². The summed E-state index contributed by atoms with van der Waals surface area (Å²) in [6.45, 7) is 2.79. The van der Waals surface area contributed by atoms with E-state index in [4.69, 9.17) is 10.7 Å². The molecule has 4 rings (SSSR count). The third kappa shape index (κ3) is 2.03. The van der Waals surface area contributed by atoms with Crippen LogP contribution in [0.3, 0.4) is 0 Å². The summed E-state index contributed by atoms with van der Waals surface area (Å²) in [6.07, 6.45) is 2.10. The highest BCUT2D eigenvalue weighted by atomic mass is 79.9. The topological polar surface area (TPSA) is 60.0 Å². The Balaban J connectivity index is 2.06. The number of nitrogens with two attached hydrogens (primary N) is 1. The molecule has 0 aliphatic carbocycles. The number of pyridine rings is 1. The molecule has 1 aliphatic heterocycles. The number of anilines is 1. The lowest BCUT2D eigenvalue weighted by Gasteiger charge is -2.25. The number of fused-ring (bicyclic) bond motifs is 5. The SMILES string of the molecule is CSN1CCn2c(nc3c(N)nc4cc(Br)ccc4c32)C1. The van der Waals surface area contributed by atoms with Gasteiger partial charge in [0.1, 0.15) is 11.3 Å². The minimum Gasteiger partial charge on any atom is -0.382 e. The quantitative estimate of drug-likeness (QED) is 0.673. The van der Waals surface area contributed by atoms with Crippen molar-refractivity contribution in [3.63, 3.8) is 0 Å². The van der Waals surface area contributed by atoms with Crippen molar-refractivity contribution in [3.8, 4) is 0 Å². The molecular weight excluding hydrogens is 350 g/mol. The third-order valence-corrected chi connectivity index (χ3v) is 5.22. The number of hydrogen-bond acceptors (Lipinski definition) is 5. The fourth-order valence-electron chi connectivity index (χ4n) is 2.90. The Morgan fingerprint density at radius 1 is 1.29 bits per heavy atom. The second-order valence-corrected chi connectivity index (χ2v) is 6.88. The average Bonchev–Trinajstić information content (AvgIpc) is 2.86. The van der Waals surface area contributed by atoms with Gasteiger partial charge in [-0.2, -0.15) is 0 Å². The van der Waals surface area contributed by atoms with Crippen LogP contribution in [-0.4, -0.2) is 31.6 Å². The van der Waals surface area contributed by atoms with Crippen LogP contribution in [0.4, 0.5) is 5.82 Å². The fourth-order valence-corrected chi connectivity index (χ4v) is 3.75. The van der Waals surface area contributed by atoms with Gasteiger partial charge in [-0.3, -0.25) is 0 Å². The summed E-state index contributed by atoms with van der Waals surface area (Å²) < 4.78 is 5.60. The highest BCUT2D eigenvalue weighted by molar-refractivity contribution is 9.10. The predicted octanol–water partition coefficient (Wildman–Crippen LogP) is 3.02. The van der Waals surface area contributed by atoms with Gasteiger partial charge < -0.3 is 10.3 Å². The monoisotopic (exact) mass is 363 g/mol. The van der Waals surface area contributed by atoms with E-state index in [0.717, 1.165) is 51.9 Å². The molecule has 0 radical (unpaired) electrons. The van der Waals surface area contributed by atoms with Crippen molar-refractivity contribution in [3.05, 3.63) is 28.5 Å². The Morgan fingerprint density at radius 3 is 2.95 bits per heavy atom. The van der Waals surface area contributed by atoms with Gasteiger partial charge in [0.25, 0.3) is 0 Å². The van der Waals surface area contributed by atoms with Crippen LogP contribution in [0.25, 0.3) is 21.9 Å². The first kappa shape index (κ1) is 13.4. The molecule has 0 spiro atoms. The minimum absolute atomic E-state index is 0.508. The maximum atomic E-state index is 6.13. The van der Waals surface area contributed by atoms with Gasteiger partial charge in [0, 0.05) is 22.9 Å². The van der Waals surface area contributed by atoms with E-state index in [2.05, 4.69) is 42.1 Å². The number of nitrogens with zero attached hydrogens (tertiary/aromatic N) is 4. The van der Waals surface area contributed by atoms with Crippen LogP contribution in [-0.2, 0) is 13.1 Å². The summed E-state index contributed by atoms with van der Waals surface area (Å²) in [6, 6.07) is 6.13. The molecule has 21 heavy (non-hydrogen) atoms. The number of imidazole rings is 1. The van der Waals surface area contributed by atoms with Crippen LogP contribution in [0, 0.1) is 0 Å². The lowest BCUT2D eigenvalue weighted by Crippen LogP contribution is -2.28. The maximum absolute atomic E-state index is 6.13. The van der Waals surface area contributed by atoms with Gasteiger partial charge in [-0.05, 0) is 24.5 Å². The van der Waals surface area contributed by atoms with Crippen molar-refractivity contribution in [2.24, 2.45) is 0 Å². The zero-order chi connectivity index (χ0) is 14.6. The Labute approximate surface area is 134 Å². The molecule has 0 fully saturated rings. The number of hydrogen-bond donors (Lipinski definition) is 1. The van der Waals surface area contributed by atoms with Crippen molar-refractivity contribution in [2.75, 3.05) is 18.5 Å². The molecule has 108 valence electrons.